The Morgan fingerprint density at radius 3 is 2.52 bits per heavy atom. The largest absolute Gasteiger partial charge is 0.452 e. The van der Waals surface area contributed by atoms with E-state index in [-0.39, 0.29) is 18.6 Å². The standard InChI is InChI=1S/C21H21N3O3/c1-2-6-17(15-7-4-3-5-8-15)24-20(25)14-27-21(26)16-9-10-18-19(13-16)23-12-11-22-18/h3-5,7-13,17H,2,6,14H2,1H3,(H,24,25)/t17-/m0/s1. The highest BCUT2D eigenvalue weighted by Gasteiger charge is 2.16. The number of hydrogen-bond donors (Lipinski definition) is 1. The van der Waals surface area contributed by atoms with Crippen LogP contribution in [0.15, 0.2) is 60.9 Å². The average Bonchev–Trinajstić information content (AvgIpc) is 2.72. The number of nitrogens with zero attached hydrogens (tertiary/aromatic N) is 2. The van der Waals surface area contributed by atoms with Gasteiger partial charge in [0.2, 0.25) is 0 Å². The van der Waals surface area contributed by atoms with Gasteiger partial charge in [0, 0.05) is 12.4 Å². The number of rotatable bonds is 7. The molecule has 0 spiro atoms. The summed E-state index contributed by atoms with van der Waals surface area (Å²) in [6.07, 6.45) is 4.89. The summed E-state index contributed by atoms with van der Waals surface area (Å²) in [5, 5.41) is 2.93. The quantitative estimate of drug-likeness (QED) is 0.650. The molecule has 2 aromatic carbocycles. The summed E-state index contributed by atoms with van der Waals surface area (Å²) in [6, 6.07) is 14.6. The molecular weight excluding hydrogens is 342 g/mol. The summed E-state index contributed by atoms with van der Waals surface area (Å²) in [5.41, 5.74) is 2.66. The molecule has 0 saturated heterocycles. The molecule has 0 aliphatic rings. The highest BCUT2D eigenvalue weighted by molar-refractivity contribution is 5.94. The first-order valence-electron chi connectivity index (χ1n) is 8.89. The molecule has 3 aromatic rings. The van der Waals surface area contributed by atoms with Gasteiger partial charge in [-0.25, -0.2) is 4.79 Å². The fourth-order valence-electron chi connectivity index (χ4n) is 2.84. The van der Waals surface area contributed by atoms with Crippen LogP contribution in [0.3, 0.4) is 0 Å². The summed E-state index contributed by atoms with van der Waals surface area (Å²) < 4.78 is 5.15. The minimum atomic E-state index is -0.565. The summed E-state index contributed by atoms with van der Waals surface area (Å²) in [7, 11) is 0. The molecule has 0 aliphatic carbocycles. The van der Waals surface area contributed by atoms with Crippen molar-refractivity contribution < 1.29 is 14.3 Å². The number of fused-ring (bicyclic) bond motifs is 1. The van der Waals surface area contributed by atoms with E-state index < -0.39 is 5.97 Å². The van der Waals surface area contributed by atoms with E-state index in [2.05, 4.69) is 22.2 Å². The van der Waals surface area contributed by atoms with Gasteiger partial charge in [0.15, 0.2) is 6.61 Å². The number of ether oxygens (including phenoxy) is 1. The van der Waals surface area contributed by atoms with Crippen LogP contribution in [-0.4, -0.2) is 28.5 Å². The van der Waals surface area contributed by atoms with E-state index in [4.69, 9.17) is 4.74 Å². The molecule has 27 heavy (non-hydrogen) atoms. The van der Waals surface area contributed by atoms with Crippen molar-refractivity contribution in [3.05, 3.63) is 72.1 Å². The maximum atomic E-state index is 12.2. The Hall–Kier alpha value is -3.28. The first-order valence-corrected chi connectivity index (χ1v) is 8.89. The van der Waals surface area contributed by atoms with Crippen molar-refractivity contribution in [1.29, 1.82) is 0 Å². The van der Waals surface area contributed by atoms with Gasteiger partial charge in [0.1, 0.15) is 0 Å². The Morgan fingerprint density at radius 1 is 1.04 bits per heavy atom. The van der Waals surface area contributed by atoms with Crippen molar-refractivity contribution in [3.63, 3.8) is 0 Å². The molecule has 6 nitrogen and oxygen atoms in total. The van der Waals surface area contributed by atoms with E-state index in [9.17, 15) is 9.59 Å². The van der Waals surface area contributed by atoms with Gasteiger partial charge in [-0.1, -0.05) is 43.7 Å². The summed E-state index contributed by atoms with van der Waals surface area (Å²) in [6.45, 7) is 1.73. The van der Waals surface area contributed by atoms with Crippen molar-refractivity contribution in [2.24, 2.45) is 0 Å². The highest BCUT2D eigenvalue weighted by Crippen LogP contribution is 2.18. The first-order chi connectivity index (χ1) is 13.2. The number of carbonyl (C=O) groups is 2. The molecule has 0 bridgehead atoms. The Labute approximate surface area is 157 Å². The minimum Gasteiger partial charge on any atom is -0.452 e. The van der Waals surface area contributed by atoms with Crippen LogP contribution in [0, 0.1) is 0 Å². The van der Waals surface area contributed by atoms with Crippen molar-refractivity contribution in [3.8, 4) is 0 Å². The molecule has 6 heteroatoms. The molecule has 0 aliphatic heterocycles. The second kappa shape index (κ2) is 8.89. The number of carbonyl (C=O) groups excluding carboxylic acids is 2. The van der Waals surface area contributed by atoms with Gasteiger partial charge in [-0.05, 0) is 30.2 Å². The number of aromatic nitrogens is 2. The van der Waals surface area contributed by atoms with Gasteiger partial charge in [-0.2, -0.15) is 0 Å². The number of nitrogens with one attached hydrogen (secondary N) is 1. The van der Waals surface area contributed by atoms with Crippen LogP contribution in [0.5, 0.6) is 0 Å². The molecule has 1 N–H and O–H groups in total. The Balaban J connectivity index is 1.59. The molecule has 1 atom stereocenters. The van der Waals surface area contributed by atoms with Crippen molar-refractivity contribution in [2.75, 3.05) is 6.61 Å². The SMILES string of the molecule is CCC[C@H](NC(=O)COC(=O)c1ccc2nccnc2c1)c1ccccc1. The van der Waals surface area contributed by atoms with Crippen LogP contribution >= 0.6 is 0 Å². The predicted molar refractivity (Wildman–Crippen MR) is 102 cm³/mol. The smallest absolute Gasteiger partial charge is 0.338 e. The minimum absolute atomic E-state index is 0.0988. The molecule has 1 heterocycles. The average molecular weight is 363 g/mol. The van der Waals surface area contributed by atoms with E-state index >= 15 is 0 Å². The van der Waals surface area contributed by atoms with Crippen LogP contribution in [0.1, 0.15) is 41.7 Å². The maximum Gasteiger partial charge on any atom is 0.338 e. The maximum absolute atomic E-state index is 12.2. The second-order valence-corrected chi connectivity index (χ2v) is 6.16. The van der Waals surface area contributed by atoms with E-state index in [0.29, 0.717) is 16.6 Å². The lowest BCUT2D eigenvalue weighted by atomic mass is 10.0. The van der Waals surface area contributed by atoms with Gasteiger partial charge in [-0.3, -0.25) is 14.8 Å². The predicted octanol–water partition coefficient (Wildman–Crippen LogP) is 3.44. The molecule has 0 unspecified atom stereocenters. The normalized spacial score (nSPS) is 11.7. The van der Waals surface area contributed by atoms with Gasteiger partial charge >= 0.3 is 5.97 Å². The zero-order chi connectivity index (χ0) is 19.1. The van der Waals surface area contributed by atoms with E-state index in [1.807, 2.05) is 30.3 Å². The molecule has 0 fully saturated rings. The lowest BCUT2D eigenvalue weighted by Gasteiger charge is -2.18. The molecular formula is C21H21N3O3. The Morgan fingerprint density at radius 2 is 1.78 bits per heavy atom. The third-order valence-corrected chi connectivity index (χ3v) is 4.15. The lowest BCUT2D eigenvalue weighted by Crippen LogP contribution is -2.32. The zero-order valence-corrected chi connectivity index (χ0v) is 15.1. The number of benzene rings is 2. The molecule has 138 valence electrons. The van der Waals surface area contributed by atoms with Crippen LogP contribution in [0.2, 0.25) is 0 Å². The fourth-order valence-corrected chi connectivity index (χ4v) is 2.84. The van der Waals surface area contributed by atoms with Gasteiger partial charge < -0.3 is 10.1 Å². The second-order valence-electron chi connectivity index (χ2n) is 6.16. The van der Waals surface area contributed by atoms with Crippen molar-refractivity contribution >= 4 is 22.9 Å². The summed E-state index contributed by atoms with van der Waals surface area (Å²) in [5.74, 6) is -0.893. The molecule has 0 saturated carbocycles. The van der Waals surface area contributed by atoms with Crippen LogP contribution in [0.25, 0.3) is 11.0 Å². The topological polar surface area (TPSA) is 81.2 Å². The first kappa shape index (κ1) is 18.5. The number of hydrogen-bond acceptors (Lipinski definition) is 5. The van der Waals surface area contributed by atoms with Crippen LogP contribution < -0.4 is 5.32 Å². The van der Waals surface area contributed by atoms with Crippen molar-refractivity contribution in [1.82, 2.24) is 15.3 Å². The van der Waals surface area contributed by atoms with Crippen LogP contribution in [-0.2, 0) is 9.53 Å². The van der Waals surface area contributed by atoms with Crippen molar-refractivity contribution in [2.45, 2.75) is 25.8 Å². The van der Waals surface area contributed by atoms with Gasteiger partial charge in [0.25, 0.3) is 5.91 Å². The van der Waals surface area contributed by atoms with E-state index in [0.717, 1.165) is 18.4 Å². The molecule has 1 aromatic heterocycles. The summed E-state index contributed by atoms with van der Waals surface area (Å²) >= 11 is 0. The third-order valence-electron chi connectivity index (χ3n) is 4.15. The van der Waals surface area contributed by atoms with E-state index in [1.54, 1.807) is 30.6 Å². The fraction of sp³-hybridized carbons (Fsp3) is 0.238. The number of amides is 1. The monoisotopic (exact) mass is 363 g/mol. The Bertz CT molecular complexity index is 928. The van der Waals surface area contributed by atoms with E-state index in [1.165, 1.54) is 0 Å². The molecule has 0 radical (unpaired) electrons. The van der Waals surface area contributed by atoms with Crippen LogP contribution in [0.4, 0.5) is 0 Å². The zero-order valence-electron chi connectivity index (χ0n) is 15.1. The third kappa shape index (κ3) is 4.88. The van der Waals surface area contributed by atoms with Gasteiger partial charge in [-0.15, -0.1) is 0 Å². The lowest BCUT2D eigenvalue weighted by molar-refractivity contribution is -0.125. The Kier molecular flexibility index (Phi) is 6.10. The molecule has 1 amide bonds. The highest BCUT2D eigenvalue weighted by atomic mass is 16.5. The van der Waals surface area contributed by atoms with Gasteiger partial charge in [0.05, 0.1) is 22.6 Å². The number of esters is 1. The molecule has 3 rings (SSSR count). The summed E-state index contributed by atoms with van der Waals surface area (Å²) in [4.78, 5) is 32.8.